The number of primary amides is 2. The molecule has 6 aromatic rings. The lowest BCUT2D eigenvalue weighted by atomic mass is 10.1. The predicted octanol–water partition coefficient (Wildman–Crippen LogP) is 1.20. The molecule has 22 nitrogen and oxygen atoms in total. The minimum Gasteiger partial charge on any atom is -0.494 e. The Hall–Kier alpha value is -6.88. The van der Waals surface area contributed by atoms with Gasteiger partial charge in [-0.05, 0) is 90.9 Å². The van der Waals surface area contributed by atoms with E-state index in [1.807, 2.05) is 27.7 Å². The average molecular weight is 916 g/mol. The van der Waals surface area contributed by atoms with E-state index in [0.29, 0.717) is 59.5 Å². The summed E-state index contributed by atoms with van der Waals surface area (Å²) in [5.41, 5.74) is 20.6. The third kappa shape index (κ3) is 10.6. The second-order valence-electron chi connectivity index (χ2n) is 15.3. The molecule has 356 valence electrons. The van der Waals surface area contributed by atoms with Crippen LogP contribution in [0, 0.1) is 13.8 Å². The van der Waals surface area contributed by atoms with Crippen molar-refractivity contribution in [1.82, 2.24) is 37.8 Å². The van der Waals surface area contributed by atoms with E-state index in [2.05, 4.69) is 20.2 Å². The number of nitrogens with zero attached hydrogens (tertiary/aromatic N) is 10. The summed E-state index contributed by atoms with van der Waals surface area (Å²) >= 11 is 0. The lowest BCUT2D eigenvalue weighted by Gasteiger charge is -2.21. The van der Waals surface area contributed by atoms with Crippen molar-refractivity contribution >= 4 is 45.7 Å². The first-order chi connectivity index (χ1) is 31.4. The smallest absolute Gasteiger partial charge is 0.298 e. The van der Waals surface area contributed by atoms with Crippen molar-refractivity contribution < 1.29 is 43.6 Å². The van der Waals surface area contributed by atoms with Crippen molar-refractivity contribution in [3.63, 3.8) is 0 Å². The monoisotopic (exact) mass is 915 g/mol. The second kappa shape index (κ2) is 21.9. The number of rotatable bonds is 18. The summed E-state index contributed by atoms with van der Waals surface area (Å²) in [5, 5.41) is 32.7. The number of ether oxygens (including phenoxy) is 3. The van der Waals surface area contributed by atoms with Gasteiger partial charge in [0.05, 0.1) is 61.4 Å². The van der Waals surface area contributed by atoms with E-state index < -0.39 is 35.8 Å². The molecule has 4 heterocycles. The summed E-state index contributed by atoms with van der Waals surface area (Å²) in [6.45, 7) is 13.4. The Morgan fingerprint density at radius 1 is 0.697 bits per heavy atom. The first-order valence-corrected chi connectivity index (χ1v) is 21.6. The Kier molecular flexibility index (Phi) is 16.6. The van der Waals surface area contributed by atoms with Crippen LogP contribution in [0.5, 0.6) is 11.5 Å². The van der Waals surface area contributed by atoms with Crippen LogP contribution >= 0.6 is 0 Å². The number of nitrogens with two attached hydrogens (primary N) is 3. The average Bonchev–Trinajstić information content (AvgIpc) is 4.01. The zero-order valence-corrected chi connectivity index (χ0v) is 38.9. The molecule has 0 aliphatic rings. The molecule has 4 amide bonds. The number of aryl methyl sites for hydroxylation is 6. The highest BCUT2D eigenvalue weighted by molar-refractivity contribution is 6.00. The van der Waals surface area contributed by atoms with Crippen LogP contribution in [0.15, 0.2) is 46.4 Å². The zero-order chi connectivity index (χ0) is 48.6. The highest BCUT2D eigenvalue weighted by Crippen LogP contribution is 2.30. The van der Waals surface area contributed by atoms with Gasteiger partial charge in [-0.25, -0.2) is 0 Å². The van der Waals surface area contributed by atoms with Gasteiger partial charge in [0.2, 0.25) is 23.1 Å². The summed E-state index contributed by atoms with van der Waals surface area (Å²) in [4.78, 5) is 61.5. The summed E-state index contributed by atoms with van der Waals surface area (Å²) in [7, 11) is 4.64. The van der Waals surface area contributed by atoms with Gasteiger partial charge in [0.25, 0.3) is 11.8 Å². The van der Waals surface area contributed by atoms with Crippen LogP contribution < -0.4 is 37.9 Å². The van der Waals surface area contributed by atoms with Gasteiger partial charge in [-0.2, -0.15) is 20.2 Å². The van der Waals surface area contributed by atoms with Crippen LogP contribution in [0.2, 0.25) is 0 Å². The third-order valence-electron chi connectivity index (χ3n) is 10.7. The Morgan fingerprint density at radius 2 is 1.12 bits per heavy atom. The standard InChI is InChI=1S/C40H51N13O8.C4H10O/c1-8-52-27(13-21(3)46-52)37(58)44-39-48(5)25-15-23(35(42)56)17-31(60-7)33(25)50(39)19-29(54)30(55)20-51-34-26(16-24(36(43)57)18-32(34)61-12-10-11-41)49(6)40(51)45-38(59)28-14-22(4)47-53(28)9-2;1-3-5-4-2/h13-18,29-30,54-55H,8-12,19-20,41H2,1-7H3,(H2,42,56)(H2,43,57);3-4H2,1-2H3. The quantitative estimate of drug-likeness (QED) is 0.0761. The largest absolute Gasteiger partial charge is 0.494 e. The molecule has 0 spiro atoms. The molecule has 0 fully saturated rings. The number of imidazole rings is 2. The molecule has 2 aromatic carbocycles. The fourth-order valence-corrected chi connectivity index (χ4v) is 7.49. The molecule has 4 aromatic heterocycles. The molecule has 22 heteroatoms. The minimum absolute atomic E-state index is 0.0423. The Labute approximate surface area is 380 Å². The number of aliphatic hydroxyl groups excluding tert-OH is 2. The van der Waals surface area contributed by atoms with E-state index in [9.17, 15) is 29.4 Å². The summed E-state index contributed by atoms with van der Waals surface area (Å²) in [6, 6.07) is 9.14. The number of hydrogen-bond donors (Lipinski definition) is 5. The Bertz CT molecular complexity index is 2890. The number of methoxy groups -OCH3 is 1. The van der Waals surface area contributed by atoms with Gasteiger partial charge in [0.15, 0.2) is 0 Å². The van der Waals surface area contributed by atoms with Gasteiger partial charge in [-0.3, -0.25) is 28.5 Å². The molecule has 0 bridgehead atoms. The van der Waals surface area contributed by atoms with Crippen LogP contribution in [0.4, 0.5) is 0 Å². The Morgan fingerprint density at radius 3 is 1.48 bits per heavy atom. The molecular formula is C44H61N13O9. The number of fused-ring (bicyclic) bond motifs is 2. The van der Waals surface area contributed by atoms with E-state index in [1.165, 1.54) is 49.9 Å². The van der Waals surface area contributed by atoms with Gasteiger partial charge in [0, 0.05) is 51.5 Å². The molecule has 0 radical (unpaired) electrons. The molecule has 8 N–H and O–H groups in total. The number of benzene rings is 2. The van der Waals surface area contributed by atoms with Gasteiger partial charge < -0.3 is 59.9 Å². The number of aliphatic hydroxyl groups is 2. The van der Waals surface area contributed by atoms with Gasteiger partial charge in [-0.15, -0.1) is 0 Å². The van der Waals surface area contributed by atoms with Crippen molar-refractivity contribution in [2.24, 2.45) is 41.3 Å². The van der Waals surface area contributed by atoms with Crippen molar-refractivity contribution in [1.29, 1.82) is 0 Å². The van der Waals surface area contributed by atoms with Crippen LogP contribution in [-0.2, 0) is 45.0 Å². The van der Waals surface area contributed by atoms with Crippen molar-refractivity contribution in [2.45, 2.75) is 86.4 Å². The number of aromatic nitrogens is 8. The molecule has 66 heavy (non-hydrogen) atoms. The highest BCUT2D eigenvalue weighted by atomic mass is 16.5. The molecule has 6 rings (SSSR count). The van der Waals surface area contributed by atoms with Crippen molar-refractivity contribution in [3.8, 4) is 11.5 Å². The zero-order valence-electron chi connectivity index (χ0n) is 38.9. The van der Waals surface area contributed by atoms with E-state index in [1.54, 1.807) is 49.2 Å². The summed E-state index contributed by atoms with van der Waals surface area (Å²) in [5.74, 6) is -2.35. The molecular weight excluding hydrogens is 855 g/mol. The Balaban J connectivity index is 0.00000155. The molecule has 0 saturated heterocycles. The van der Waals surface area contributed by atoms with Crippen LogP contribution in [0.1, 0.15) is 87.2 Å². The number of carbonyl (C=O) groups excluding carboxylic acids is 4. The topological polar surface area (TPSA) is 295 Å². The number of hydrogen-bond acceptors (Lipinski definition) is 12. The van der Waals surface area contributed by atoms with Gasteiger partial charge in [0.1, 0.15) is 33.9 Å². The van der Waals surface area contributed by atoms with E-state index in [4.69, 9.17) is 31.4 Å². The van der Waals surface area contributed by atoms with Crippen LogP contribution in [0.25, 0.3) is 22.1 Å². The highest BCUT2D eigenvalue weighted by Gasteiger charge is 2.27. The lowest BCUT2D eigenvalue weighted by molar-refractivity contribution is -0.000240. The first-order valence-electron chi connectivity index (χ1n) is 21.6. The molecule has 0 saturated carbocycles. The summed E-state index contributed by atoms with van der Waals surface area (Å²) < 4.78 is 25.8. The normalized spacial score (nSPS) is 13.0. The van der Waals surface area contributed by atoms with E-state index in [0.717, 1.165) is 13.2 Å². The lowest BCUT2D eigenvalue weighted by Crippen LogP contribution is -2.40. The summed E-state index contributed by atoms with van der Waals surface area (Å²) in [6.07, 6.45) is -2.72. The third-order valence-corrected chi connectivity index (χ3v) is 10.7. The maximum Gasteiger partial charge on any atom is 0.298 e. The molecule has 0 aliphatic heterocycles. The molecule has 0 aliphatic carbocycles. The maximum absolute atomic E-state index is 13.9. The van der Waals surface area contributed by atoms with Crippen LogP contribution in [0.3, 0.4) is 0 Å². The fraction of sp³-hybridized carbons (Fsp3) is 0.455. The molecule has 2 unspecified atom stereocenters. The maximum atomic E-state index is 13.9. The number of carbonyl (C=O) groups is 4. The van der Waals surface area contributed by atoms with E-state index >= 15 is 0 Å². The van der Waals surface area contributed by atoms with E-state index in [-0.39, 0.29) is 64.9 Å². The fourth-order valence-electron chi connectivity index (χ4n) is 7.49. The van der Waals surface area contributed by atoms with Crippen molar-refractivity contribution in [2.75, 3.05) is 33.5 Å². The first kappa shape index (κ1) is 50.1. The minimum atomic E-state index is -1.60. The van der Waals surface area contributed by atoms with Gasteiger partial charge in [-0.1, -0.05) is 0 Å². The molecule has 2 atom stereocenters. The SMILES string of the molecule is CCOCC.CCn1nc(C)cc1C(=O)N=c1n(C)c2cc(C(N)=O)cc(OC)c2n1CC(O)C(O)Cn1c(=NC(=O)c2cc(C)nn2CC)n(C)c2cc(C(N)=O)cc(OCCCN)c21. The predicted molar refractivity (Wildman–Crippen MR) is 244 cm³/mol. The van der Waals surface area contributed by atoms with Crippen LogP contribution in [-0.4, -0.2) is 117 Å². The van der Waals surface area contributed by atoms with Crippen molar-refractivity contribution in [3.05, 3.63) is 81.5 Å². The second-order valence-corrected chi connectivity index (χ2v) is 15.3. The number of amides is 4. The van der Waals surface area contributed by atoms with Gasteiger partial charge >= 0.3 is 0 Å².